The van der Waals surface area contributed by atoms with E-state index in [0.29, 0.717) is 22.0 Å². The second-order valence-corrected chi connectivity index (χ2v) is 6.41. The van der Waals surface area contributed by atoms with Gasteiger partial charge in [-0.2, -0.15) is 0 Å². The van der Waals surface area contributed by atoms with Crippen LogP contribution >= 0.6 is 11.6 Å². The molecule has 1 amide bonds. The molecule has 0 spiro atoms. The molecule has 6 heteroatoms. The molecule has 2 aromatic rings. The number of aromatic amines is 1. The van der Waals surface area contributed by atoms with E-state index < -0.39 is 0 Å². The van der Waals surface area contributed by atoms with Crippen LogP contribution in [0.25, 0.3) is 11.0 Å². The highest BCUT2D eigenvalue weighted by Gasteiger charge is 2.35. The summed E-state index contributed by atoms with van der Waals surface area (Å²) in [6, 6.07) is 3.73. The highest BCUT2D eigenvalue weighted by atomic mass is 35.5. The summed E-state index contributed by atoms with van der Waals surface area (Å²) in [7, 11) is 0. The van der Waals surface area contributed by atoms with Crippen molar-refractivity contribution in [1.29, 1.82) is 0 Å². The van der Waals surface area contributed by atoms with Gasteiger partial charge in [0.15, 0.2) is 0 Å². The Morgan fingerprint density at radius 3 is 2.90 bits per heavy atom. The normalized spacial score (nSPS) is 28.0. The lowest BCUT2D eigenvalue weighted by Gasteiger charge is -2.44. The Hall–Kier alpha value is -1.59. The molecule has 0 unspecified atom stereocenters. The van der Waals surface area contributed by atoms with Crippen LogP contribution in [0.3, 0.4) is 0 Å². The Labute approximate surface area is 127 Å². The number of carbonyl (C=O) groups is 1. The first-order valence-corrected chi connectivity index (χ1v) is 7.74. The van der Waals surface area contributed by atoms with Crippen molar-refractivity contribution in [1.82, 2.24) is 20.2 Å². The Balaban J connectivity index is 1.60. The summed E-state index contributed by atoms with van der Waals surface area (Å²) in [6.07, 6.45) is 3.95. The number of hydrogen-bond acceptors (Lipinski definition) is 3. The van der Waals surface area contributed by atoms with Gasteiger partial charge in [-0.3, -0.25) is 4.79 Å². The average Bonchev–Trinajstić information content (AvgIpc) is 2.95. The molecular formula is C15H17ClN4O. The number of nitrogens with one attached hydrogen (secondary N) is 2. The fraction of sp³-hybridized carbons (Fsp3) is 0.467. The van der Waals surface area contributed by atoms with E-state index in [4.69, 9.17) is 11.6 Å². The van der Waals surface area contributed by atoms with E-state index >= 15 is 0 Å². The number of piperidine rings is 3. The molecule has 110 valence electrons. The van der Waals surface area contributed by atoms with E-state index in [9.17, 15) is 4.79 Å². The number of rotatable bonds is 2. The molecule has 5 rings (SSSR count). The first-order chi connectivity index (χ1) is 10.2. The molecule has 0 aliphatic carbocycles. The number of H-pyrrole nitrogens is 1. The molecule has 3 aliphatic heterocycles. The zero-order chi connectivity index (χ0) is 14.4. The molecule has 1 aromatic heterocycles. The molecule has 0 saturated carbocycles. The van der Waals surface area contributed by atoms with Crippen molar-refractivity contribution in [2.45, 2.75) is 18.9 Å². The van der Waals surface area contributed by atoms with Crippen molar-refractivity contribution in [3.05, 3.63) is 29.0 Å². The Morgan fingerprint density at radius 1 is 1.38 bits per heavy atom. The van der Waals surface area contributed by atoms with E-state index in [1.54, 1.807) is 18.5 Å². The van der Waals surface area contributed by atoms with Crippen molar-refractivity contribution in [3.8, 4) is 0 Å². The van der Waals surface area contributed by atoms with E-state index in [0.717, 1.165) is 25.2 Å². The lowest BCUT2D eigenvalue weighted by molar-refractivity contribution is 0.0621. The minimum atomic E-state index is -0.0756. The van der Waals surface area contributed by atoms with Gasteiger partial charge in [-0.25, -0.2) is 4.98 Å². The van der Waals surface area contributed by atoms with Gasteiger partial charge in [0.25, 0.3) is 5.91 Å². The zero-order valence-corrected chi connectivity index (χ0v) is 12.4. The van der Waals surface area contributed by atoms with Crippen LogP contribution in [-0.4, -0.2) is 46.5 Å². The van der Waals surface area contributed by atoms with Crippen molar-refractivity contribution >= 4 is 28.5 Å². The zero-order valence-electron chi connectivity index (χ0n) is 11.6. The highest BCUT2D eigenvalue weighted by molar-refractivity contribution is 6.32. The van der Waals surface area contributed by atoms with Crippen LogP contribution < -0.4 is 5.32 Å². The molecular weight excluding hydrogens is 288 g/mol. The summed E-state index contributed by atoms with van der Waals surface area (Å²) in [5.41, 5.74) is 2.02. The van der Waals surface area contributed by atoms with Gasteiger partial charge in [0.1, 0.15) is 5.52 Å². The number of benzene rings is 1. The van der Waals surface area contributed by atoms with E-state index in [2.05, 4.69) is 20.2 Å². The van der Waals surface area contributed by atoms with Gasteiger partial charge in [-0.15, -0.1) is 0 Å². The number of carbonyl (C=O) groups excluding carboxylic acids is 1. The third kappa shape index (κ3) is 2.30. The van der Waals surface area contributed by atoms with Crippen LogP contribution in [0.15, 0.2) is 18.5 Å². The summed E-state index contributed by atoms with van der Waals surface area (Å²) < 4.78 is 0. The van der Waals surface area contributed by atoms with Crippen molar-refractivity contribution in [2.75, 3.05) is 19.6 Å². The van der Waals surface area contributed by atoms with Crippen LogP contribution in [-0.2, 0) is 0 Å². The quantitative estimate of drug-likeness (QED) is 0.892. The van der Waals surface area contributed by atoms with Gasteiger partial charge in [-0.05, 0) is 44.0 Å². The largest absolute Gasteiger partial charge is 0.348 e. The maximum atomic E-state index is 12.6. The van der Waals surface area contributed by atoms with Gasteiger partial charge in [0, 0.05) is 17.6 Å². The van der Waals surface area contributed by atoms with Crippen LogP contribution in [0.5, 0.6) is 0 Å². The molecule has 1 aromatic carbocycles. The summed E-state index contributed by atoms with van der Waals surface area (Å²) in [5.74, 6) is 0.529. The first kappa shape index (κ1) is 13.1. The van der Waals surface area contributed by atoms with Gasteiger partial charge >= 0.3 is 0 Å². The van der Waals surface area contributed by atoms with E-state index in [1.807, 2.05) is 0 Å². The first-order valence-electron chi connectivity index (χ1n) is 7.36. The monoisotopic (exact) mass is 304 g/mol. The smallest absolute Gasteiger partial charge is 0.253 e. The molecule has 3 saturated heterocycles. The topological polar surface area (TPSA) is 61.0 Å². The minimum Gasteiger partial charge on any atom is -0.348 e. The van der Waals surface area contributed by atoms with Gasteiger partial charge < -0.3 is 15.2 Å². The summed E-state index contributed by atoms with van der Waals surface area (Å²) in [4.78, 5) is 22.3. The molecule has 0 radical (unpaired) electrons. The second kappa shape index (κ2) is 5.00. The summed E-state index contributed by atoms with van der Waals surface area (Å²) in [5, 5.41) is 3.73. The number of amides is 1. The predicted octanol–water partition coefficient (Wildman–Crippen LogP) is 2.04. The molecule has 5 nitrogen and oxygen atoms in total. The third-order valence-corrected chi connectivity index (χ3v) is 4.92. The van der Waals surface area contributed by atoms with Gasteiger partial charge in [-0.1, -0.05) is 11.6 Å². The maximum absolute atomic E-state index is 12.6. The maximum Gasteiger partial charge on any atom is 0.253 e. The van der Waals surface area contributed by atoms with Crippen LogP contribution in [0.2, 0.25) is 5.02 Å². The van der Waals surface area contributed by atoms with Crippen LogP contribution in [0, 0.1) is 5.92 Å². The highest BCUT2D eigenvalue weighted by Crippen LogP contribution is 2.28. The lowest BCUT2D eigenvalue weighted by atomic mass is 9.84. The number of aromatic nitrogens is 2. The molecule has 21 heavy (non-hydrogen) atoms. The molecule has 1 atom stereocenters. The van der Waals surface area contributed by atoms with Gasteiger partial charge in [0.05, 0.1) is 17.4 Å². The van der Waals surface area contributed by atoms with Crippen LogP contribution in [0.1, 0.15) is 23.2 Å². The second-order valence-electron chi connectivity index (χ2n) is 5.97. The SMILES string of the molecule is O=C(N[C@@H]1CN2CCC1CC2)c1cc(Cl)cc2[nH]cnc12. The van der Waals surface area contributed by atoms with Gasteiger partial charge in [0.2, 0.25) is 0 Å². The van der Waals surface area contributed by atoms with E-state index in [-0.39, 0.29) is 11.9 Å². The number of imidazole rings is 1. The standard InChI is InChI=1S/C15H17ClN4O/c16-10-5-11(14-12(6-10)17-8-18-14)15(21)19-13-7-20-3-1-9(13)2-4-20/h5-6,8-9,13H,1-4,7H2,(H,17,18)(H,19,21)/t13-/m1/s1. The fourth-order valence-electron chi connectivity index (χ4n) is 3.56. The molecule has 3 aliphatic rings. The lowest BCUT2D eigenvalue weighted by Crippen LogP contribution is -2.57. The Morgan fingerprint density at radius 2 is 2.19 bits per heavy atom. The fourth-order valence-corrected chi connectivity index (χ4v) is 3.78. The van der Waals surface area contributed by atoms with E-state index in [1.165, 1.54) is 12.8 Å². The van der Waals surface area contributed by atoms with Crippen molar-refractivity contribution in [2.24, 2.45) is 5.92 Å². The summed E-state index contributed by atoms with van der Waals surface area (Å²) >= 11 is 6.09. The Bertz CT molecular complexity index is 690. The number of hydrogen-bond donors (Lipinski definition) is 2. The Kier molecular flexibility index (Phi) is 3.12. The molecule has 4 heterocycles. The predicted molar refractivity (Wildman–Crippen MR) is 81.5 cm³/mol. The molecule has 2 bridgehead atoms. The van der Waals surface area contributed by atoms with Crippen LogP contribution in [0.4, 0.5) is 0 Å². The average molecular weight is 305 g/mol. The number of halogens is 1. The van der Waals surface area contributed by atoms with Crippen molar-refractivity contribution < 1.29 is 4.79 Å². The third-order valence-electron chi connectivity index (χ3n) is 4.71. The molecule has 3 fully saturated rings. The number of nitrogens with zero attached hydrogens (tertiary/aromatic N) is 2. The number of fused-ring (bicyclic) bond motifs is 4. The molecule has 2 N–H and O–H groups in total. The summed E-state index contributed by atoms with van der Waals surface area (Å²) in [6.45, 7) is 3.29. The minimum absolute atomic E-state index is 0.0756. The van der Waals surface area contributed by atoms with Crippen molar-refractivity contribution in [3.63, 3.8) is 0 Å².